The number of nitrogens with zero attached hydrogens (tertiary/aromatic N) is 1. The van der Waals surface area contributed by atoms with Crippen molar-refractivity contribution in [2.45, 2.75) is 65.1 Å². The maximum absolute atomic E-state index is 13.9. The third-order valence-corrected chi connectivity index (χ3v) is 8.96. The van der Waals surface area contributed by atoms with Gasteiger partial charge in [0.2, 0.25) is 0 Å². The van der Waals surface area contributed by atoms with Crippen molar-refractivity contribution >= 4 is 13.5 Å². The number of fused-ring (bicyclic) bond motifs is 3. The van der Waals surface area contributed by atoms with Crippen LogP contribution < -0.4 is 14.6 Å². The van der Waals surface area contributed by atoms with E-state index in [-0.39, 0.29) is 31.0 Å². The second-order valence-corrected chi connectivity index (χ2v) is 12.2. The fourth-order valence-corrected chi connectivity index (χ4v) is 7.40. The Hall–Kier alpha value is -1.64. The zero-order valence-electron chi connectivity index (χ0n) is 22.7. The number of hydrogen-bond donors (Lipinski definition) is 1. The largest absolute Gasteiger partial charge is 0.493 e. The average Bonchev–Trinajstić information content (AvgIpc) is 2.83. The van der Waals surface area contributed by atoms with Crippen molar-refractivity contribution in [2.75, 3.05) is 47.4 Å². The molecule has 0 spiro atoms. The summed E-state index contributed by atoms with van der Waals surface area (Å²) in [6.07, 6.45) is 2.18. The number of carbonyl (C=O) groups excluding carboxylic acids is 1. The topological polar surface area (TPSA) is 95.6 Å². The van der Waals surface area contributed by atoms with Gasteiger partial charge in [-0.1, -0.05) is 13.8 Å². The first kappa shape index (κ1) is 28.9. The Morgan fingerprint density at radius 1 is 1.17 bits per heavy atom. The van der Waals surface area contributed by atoms with Crippen LogP contribution >= 0.6 is 7.52 Å². The standard InChI is InChI=1S/C26H43N2O7P/c1-8-34-26(29)18(4)27-36(30,16-31-5)35-23-14-22-21-13-25(33-7)24(32-6)12-19(21)9-10-28(22)15-20(23)11-17(2)3/h12-13,17-18,20,22-23H,8-11,14-16H2,1-7H3,(H,27,30)/t18-,20+,22+,23+,36?/m0/s1. The molecule has 2 heterocycles. The van der Waals surface area contributed by atoms with Gasteiger partial charge in [0.1, 0.15) is 12.4 Å². The number of ether oxygens (including phenoxy) is 4. The summed E-state index contributed by atoms with van der Waals surface area (Å²) in [5, 5.41) is 2.91. The van der Waals surface area contributed by atoms with Gasteiger partial charge in [-0.05, 0) is 68.2 Å². The van der Waals surface area contributed by atoms with E-state index >= 15 is 0 Å². The summed E-state index contributed by atoms with van der Waals surface area (Å²) in [5.74, 6) is 1.64. The summed E-state index contributed by atoms with van der Waals surface area (Å²) in [5.41, 5.74) is 2.44. The molecule has 0 aliphatic carbocycles. The molecule has 9 nitrogen and oxygen atoms in total. The van der Waals surface area contributed by atoms with E-state index in [4.69, 9.17) is 23.5 Å². The zero-order valence-corrected chi connectivity index (χ0v) is 23.6. The van der Waals surface area contributed by atoms with Gasteiger partial charge in [-0.3, -0.25) is 14.3 Å². The first-order chi connectivity index (χ1) is 17.1. The summed E-state index contributed by atoms with van der Waals surface area (Å²) in [4.78, 5) is 14.7. The fourth-order valence-electron chi connectivity index (χ4n) is 5.47. The van der Waals surface area contributed by atoms with Crippen molar-refractivity contribution < 1.29 is 32.8 Å². The van der Waals surface area contributed by atoms with Crippen LogP contribution in [0.25, 0.3) is 0 Å². The Kier molecular flexibility index (Phi) is 10.2. The van der Waals surface area contributed by atoms with Crippen molar-refractivity contribution in [3.63, 3.8) is 0 Å². The third-order valence-electron chi connectivity index (χ3n) is 6.97. The Balaban J connectivity index is 1.90. The third kappa shape index (κ3) is 6.81. The summed E-state index contributed by atoms with van der Waals surface area (Å²) in [7, 11) is 1.28. The molecule has 204 valence electrons. The lowest BCUT2D eigenvalue weighted by molar-refractivity contribution is -0.144. The van der Waals surface area contributed by atoms with E-state index in [1.165, 1.54) is 18.2 Å². The van der Waals surface area contributed by atoms with Crippen LogP contribution in [0.15, 0.2) is 12.1 Å². The van der Waals surface area contributed by atoms with Gasteiger partial charge in [-0.25, -0.2) is 5.09 Å². The molecule has 0 radical (unpaired) electrons. The first-order valence-corrected chi connectivity index (χ1v) is 14.6. The lowest BCUT2D eigenvalue weighted by Crippen LogP contribution is -2.49. The predicted octanol–water partition coefficient (Wildman–Crippen LogP) is 4.39. The van der Waals surface area contributed by atoms with Crippen LogP contribution in [-0.4, -0.2) is 70.4 Å². The number of hydrogen-bond acceptors (Lipinski definition) is 8. The Morgan fingerprint density at radius 2 is 1.86 bits per heavy atom. The Bertz CT molecular complexity index is 941. The van der Waals surface area contributed by atoms with E-state index < -0.39 is 19.5 Å². The summed E-state index contributed by atoms with van der Waals surface area (Å²) in [6, 6.07) is 3.47. The highest BCUT2D eigenvalue weighted by molar-refractivity contribution is 7.56. The van der Waals surface area contributed by atoms with Crippen molar-refractivity contribution in [1.82, 2.24) is 9.99 Å². The summed E-state index contributed by atoms with van der Waals surface area (Å²) in [6.45, 7) is 9.82. The SMILES string of the molecule is CCOC(=O)[C@H](C)NP(=O)(COC)O[C@@H]1C[C@@H]2c3cc(OC)c(OC)cc3CCN2C[C@H]1CC(C)C. The van der Waals surface area contributed by atoms with Crippen molar-refractivity contribution in [2.24, 2.45) is 11.8 Å². The number of esters is 1. The molecule has 5 atom stereocenters. The van der Waals surface area contributed by atoms with Crippen molar-refractivity contribution in [1.29, 1.82) is 0 Å². The lowest BCUT2D eigenvalue weighted by Gasteiger charge is -2.48. The van der Waals surface area contributed by atoms with E-state index in [9.17, 15) is 9.36 Å². The molecule has 0 amide bonds. The molecular weight excluding hydrogens is 483 g/mol. The second kappa shape index (κ2) is 12.7. The molecule has 3 rings (SSSR count). The van der Waals surface area contributed by atoms with Crippen LogP contribution in [0.3, 0.4) is 0 Å². The van der Waals surface area contributed by atoms with Gasteiger partial charge in [0.05, 0.1) is 26.9 Å². The molecule has 1 aromatic rings. The van der Waals surface area contributed by atoms with Gasteiger partial charge in [-0.15, -0.1) is 0 Å². The number of benzene rings is 1. The highest BCUT2D eigenvalue weighted by Crippen LogP contribution is 2.51. The van der Waals surface area contributed by atoms with E-state index in [0.717, 1.165) is 31.7 Å². The molecule has 10 heteroatoms. The Labute approximate surface area is 215 Å². The fraction of sp³-hybridized carbons (Fsp3) is 0.731. The van der Waals surface area contributed by atoms with Crippen LogP contribution in [0.5, 0.6) is 11.5 Å². The highest BCUT2D eigenvalue weighted by Gasteiger charge is 2.43. The molecule has 1 fully saturated rings. The van der Waals surface area contributed by atoms with Gasteiger partial charge in [-0.2, -0.15) is 0 Å². The Morgan fingerprint density at radius 3 is 2.47 bits per heavy atom. The van der Waals surface area contributed by atoms with Crippen LogP contribution in [0.2, 0.25) is 0 Å². The van der Waals surface area contributed by atoms with Gasteiger partial charge < -0.3 is 23.5 Å². The molecule has 1 N–H and O–H groups in total. The minimum atomic E-state index is -3.50. The minimum Gasteiger partial charge on any atom is -0.493 e. The lowest BCUT2D eigenvalue weighted by atomic mass is 9.79. The van der Waals surface area contributed by atoms with E-state index in [2.05, 4.69) is 36.0 Å². The normalized spacial score (nSPS) is 24.4. The molecule has 1 saturated heterocycles. The maximum atomic E-state index is 13.9. The number of nitrogens with one attached hydrogen (secondary N) is 1. The molecule has 2 aliphatic rings. The van der Waals surface area contributed by atoms with Crippen molar-refractivity contribution in [3.8, 4) is 11.5 Å². The molecule has 2 aliphatic heterocycles. The maximum Gasteiger partial charge on any atom is 0.323 e. The highest BCUT2D eigenvalue weighted by atomic mass is 31.2. The van der Waals surface area contributed by atoms with Crippen molar-refractivity contribution in [3.05, 3.63) is 23.3 Å². The minimum absolute atomic E-state index is 0.112. The molecular formula is C26H43N2O7P. The van der Waals surface area contributed by atoms with Crippen LogP contribution in [0, 0.1) is 11.8 Å². The predicted molar refractivity (Wildman–Crippen MR) is 139 cm³/mol. The zero-order chi connectivity index (χ0) is 26.5. The van der Waals surface area contributed by atoms with Crippen LogP contribution in [-0.2, 0) is 29.8 Å². The quantitative estimate of drug-likeness (QED) is 0.314. The van der Waals surface area contributed by atoms with E-state index in [1.54, 1.807) is 28.1 Å². The molecule has 0 bridgehead atoms. The van der Waals surface area contributed by atoms with Crippen LogP contribution in [0.4, 0.5) is 0 Å². The number of methoxy groups -OCH3 is 3. The van der Waals surface area contributed by atoms with Gasteiger partial charge in [0, 0.05) is 26.2 Å². The number of piperidine rings is 1. The molecule has 0 saturated carbocycles. The van der Waals surface area contributed by atoms with Gasteiger partial charge >= 0.3 is 5.97 Å². The summed E-state index contributed by atoms with van der Waals surface area (Å²) >= 11 is 0. The smallest absolute Gasteiger partial charge is 0.323 e. The molecule has 36 heavy (non-hydrogen) atoms. The first-order valence-electron chi connectivity index (χ1n) is 12.8. The molecule has 1 aromatic carbocycles. The monoisotopic (exact) mass is 526 g/mol. The second-order valence-electron chi connectivity index (χ2n) is 10.1. The molecule has 1 unspecified atom stereocenters. The average molecular weight is 527 g/mol. The van der Waals surface area contributed by atoms with E-state index in [1.807, 2.05) is 0 Å². The summed E-state index contributed by atoms with van der Waals surface area (Å²) < 4.78 is 41.8. The number of rotatable bonds is 12. The molecule has 0 aromatic heterocycles. The van der Waals surface area contributed by atoms with Gasteiger partial charge in [0.15, 0.2) is 11.5 Å². The number of carbonyl (C=O) groups is 1. The van der Waals surface area contributed by atoms with Crippen LogP contribution in [0.1, 0.15) is 57.7 Å². The van der Waals surface area contributed by atoms with Gasteiger partial charge in [0.25, 0.3) is 7.52 Å². The van der Waals surface area contributed by atoms with E-state index in [0.29, 0.717) is 18.1 Å².